The number of rotatable bonds is 7. The van der Waals surface area contributed by atoms with Gasteiger partial charge >= 0.3 is 6.18 Å². The Morgan fingerprint density at radius 3 is 2.41 bits per heavy atom. The van der Waals surface area contributed by atoms with E-state index in [4.69, 9.17) is 4.74 Å². The molecule has 4 aromatic rings. The van der Waals surface area contributed by atoms with Crippen LogP contribution in [0.15, 0.2) is 84.0 Å². The van der Waals surface area contributed by atoms with Crippen LogP contribution in [0.4, 0.5) is 18.9 Å². The van der Waals surface area contributed by atoms with E-state index < -0.39 is 17.6 Å². The Morgan fingerprint density at radius 2 is 1.74 bits per heavy atom. The molecular weight excluding hydrogens is 465 g/mol. The molecule has 0 bridgehead atoms. The molecule has 1 amide bonds. The largest absolute Gasteiger partial charge is 0.497 e. The molecule has 1 aromatic heterocycles. The standard InChI is InChI=1S/C24H19F3N4O2S/c1-33-20-12-10-19(11-13-20)31-22(16-6-3-2-4-7-16)29-30-23(31)34-15-21(32)28-18-9-5-8-17(14-18)24(25,26)27/h2-14H,15H2,1H3,(H,28,32). The summed E-state index contributed by atoms with van der Waals surface area (Å²) in [5.74, 6) is 0.744. The number of carbonyl (C=O) groups is 1. The van der Waals surface area contributed by atoms with Crippen molar-refractivity contribution in [3.63, 3.8) is 0 Å². The van der Waals surface area contributed by atoms with Crippen molar-refractivity contribution in [1.82, 2.24) is 14.8 Å². The van der Waals surface area contributed by atoms with Crippen LogP contribution >= 0.6 is 11.8 Å². The number of benzene rings is 3. The molecule has 1 heterocycles. The van der Waals surface area contributed by atoms with E-state index in [0.29, 0.717) is 16.7 Å². The number of halogens is 3. The maximum atomic E-state index is 12.9. The van der Waals surface area contributed by atoms with E-state index in [-0.39, 0.29) is 11.4 Å². The molecule has 34 heavy (non-hydrogen) atoms. The first-order valence-corrected chi connectivity index (χ1v) is 11.1. The average Bonchev–Trinajstić information content (AvgIpc) is 3.27. The van der Waals surface area contributed by atoms with E-state index in [1.807, 2.05) is 47.0 Å². The van der Waals surface area contributed by atoms with Crippen molar-refractivity contribution in [3.05, 3.63) is 84.4 Å². The van der Waals surface area contributed by atoms with Gasteiger partial charge in [-0.2, -0.15) is 13.2 Å². The van der Waals surface area contributed by atoms with Crippen molar-refractivity contribution in [2.24, 2.45) is 0 Å². The van der Waals surface area contributed by atoms with Gasteiger partial charge < -0.3 is 10.1 Å². The highest BCUT2D eigenvalue weighted by atomic mass is 32.2. The number of hydrogen-bond donors (Lipinski definition) is 1. The smallest absolute Gasteiger partial charge is 0.416 e. The zero-order chi connectivity index (χ0) is 24.1. The van der Waals surface area contributed by atoms with E-state index >= 15 is 0 Å². The van der Waals surface area contributed by atoms with Gasteiger partial charge in [0.05, 0.1) is 18.4 Å². The molecule has 4 rings (SSSR count). The van der Waals surface area contributed by atoms with Crippen LogP contribution in [0.1, 0.15) is 5.56 Å². The fourth-order valence-electron chi connectivity index (χ4n) is 3.20. The minimum Gasteiger partial charge on any atom is -0.497 e. The van der Waals surface area contributed by atoms with Crippen molar-refractivity contribution in [2.45, 2.75) is 11.3 Å². The molecule has 1 N–H and O–H groups in total. The van der Waals surface area contributed by atoms with Crippen LogP contribution in [0.3, 0.4) is 0 Å². The molecule has 0 spiro atoms. The van der Waals surface area contributed by atoms with E-state index in [1.54, 1.807) is 19.2 Å². The van der Waals surface area contributed by atoms with Gasteiger partial charge in [-0.3, -0.25) is 9.36 Å². The SMILES string of the molecule is COc1ccc(-n2c(SCC(=O)Nc3cccc(C(F)(F)F)c3)nnc2-c2ccccc2)cc1. The minimum atomic E-state index is -4.49. The second-order valence-corrected chi connectivity index (χ2v) is 8.06. The molecule has 0 atom stereocenters. The quantitative estimate of drug-likeness (QED) is 0.341. The molecular formula is C24H19F3N4O2S. The van der Waals surface area contributed by atoms with Crippen LogP contribution in [0.5, 0.6) is 5.75 Å². The van der Waals surface area contributed by atoms with Crippen molar-refractivity contribution in [2.75, 3.05) is 18.2 Å². The Balaban J connectivity index is 1.56. The van der Waals surface area contributed by atoms with E-state index in [9.17, 15) is 18.0 Å². The van der Waals surface area contributed by atoms with Crippen LogP contribution in [0.25, 0.3) is 17.1 Å². The highest BCUT2D eigenvalue weighted by Gasteiger charge is 2.30. The number of hydrogen-bond acceptors (Lipinski definition) is 5. The molecule has 0 unspecified atom stereocenters. The number of thioether (sulfide) groups is 1. The number of nitrogens with zero attached hydrogens (tertiary/aromatic N) is 3. The number of alkyl halides is 3. The lowest BCUT2D eigenvalue weighted by atomic mass is 10.2. The number of ether oxygens (including phenoxy) is 1. The van der Waals surface area contributed by atoms with Crippen molar-refractivity contribution in [1.29, 1.82) is 0 Å². The zero-order valence-corrected chi connectivity index (χ0v) is 18.7. The summed E-state index contributed by atoms with van der Waals surface area (Å²) < 4.78 is 45.8. The number of methoxy groups -OCH3 is 1. The number of aromatic nitrogens is 3. The number of anilines is 1. The van der Waals surface area contributed by atoms with Crippen LogP contribution in [-0.4, -0.2) is 33.5 Å². The molecule has 3 aromatic carbocycles. The van der Waals surface area contributed by atoms with Crippen LogP contribution in [0, 0.1) is 0 Å². The van der Waals surface area contributed by atoms with Crippen LogP contribution in [0.2, 0.25) is 0 Å². The molecule has 174 valence electrons. The summed E-state index contributed by atoms with van der Waals surface area (Å²) in [5, 5.41) is 11.5. The normalized spacial score (nSPS) is 11.3. The average molecular weight is 485 g/mol. The Labute approximate surface area is 197 Å². The van der Waals surface area contributed by atoms with E-state index in [2.05, 4.69) is 15.5 Å². The summed E-state index contributed by atoms with van der Waals surface area (Å²) in [4.78, 5) is 12.5. The first-order chi connectivity index (χ1) is 16.3. The molecule has 0 radical (unpaired) electrons. The lowest BCUT2D eigenvalue weighted by Gasteiger charge is -2.12. The summed E-state index contributed by atoms with van der Waals surface area (Å²) in [6.07, 6.45) is -4.49. The van der Waals surface area contributed by atoms with E-state index in [0.717, 1.165) is 35.1 Å². The molecule has 0 fully saturated rings. The second kappa shape index (κ2) is 10.0. The molecule has 0 aliphatic heterocycles. The van der Waals surface area contributed by atoms with Gasteiger partial charge in [-0.25, -0.2) is 0 Å². The first kappa shape index (κ1) is 23.4. The third kappa shape index (κ3) is 5.40. The van der Waals surface area contributed by atoms with Crippen LogP contribution in [-0.2, 0) is 11.0 Å². The summed E-state index contributed by atoms with van der Waals surface area (Å²) >= 11 is 1.13. The predicted octanol–water partition coefficient (Wildman–Crippen LogP) is 5.69. The van der Waals surface area contributed by atoms with Gasteiger partial charge in [-0.1, -0.05) is 48.2 Å². The Hall–Kier alpha value is -3.79. The summed E-state index contributed by atoms with van der Waals surface area (Å²) in [6, 6.07) is 21.3. The van der Waals surface area contributed by atoms with E-state index in [1.165, 1.54) is 12.1 Å². The summed E-state index contributed by atoms with van der Waals surface area (Å²) in [7, 11) is 1.58. The van der Waals surface area contributed by atoms with Gasteiger partial charge in [0.25, 0.3) is 0 Å². The van der Waals surface area contributed by atoms with Gasteiger partial charge in [-0.05, 0) is 42.5 Å². The molecule has 0 saturated carbocycles. The van der Waals surface area contributed by atoms with Crippen molar-refractivity contribution >= 4 is 23.4 Å². The van der Waals surface area contributed by atoms with Crippen molar-refractivity contribution in [3.8, 4) is 22.8 Å². The Morgan fingerprint density at radius 1 is 1.00 bits per heavy atom. The third-order valence-corrected chi connectivity index (χ3v) is 5.73. The highest BCUT2D eigenvalue weighted by molar-refractivity contribution is 7.99. The predicted molar refractivity (Wildman–Crippen MR) is 124 cm³/mol. The number of nitrogens with one attached hydrogen (secondary N) is 1. The highest BCUT2D eigenvalue weighted by Crippen LogP contribution is 2.31. The fraction of sp³-hybridized carbons (Fsp3) is 0.125. The second-order valence-electron chi connectivity index (χ2n) is 7.12. The summed E-state index contributed by atoms with van der Waals surface area (Å²) in [6.45, 7) is 0. The molecule has 0 aliphatic rings. The zero-order valence-electron chi connectivity index (χ0n) is 17.9. The summed E-state index contributed by atoms with van der Waals surface area (Å²) in [5.41, 5.74) is 0.850. The molecule has 6 nitrogen and oxygen atoms in total. The van der Waals surface area contributed by atoms with Gasteiger partial charge in [0.1, 0.15) is 5.75 Å². The lowest BCUT2D eigenvalue weighted by molar-refractivity contribution is -0.137. The number of amides is 1. The maximum Gasteiger partial charge on any atom is 0.416 e. The van der Waals surface area contributed by atoms with Gasteiger partial charge in [0.15, 0.2) is 11.0 Å². The molecule has 10 heteroatoms. The maximum absolute atomic E-state index is 12.9. The molecule has 0 saturated heterocycles. The van der Waals surface area contributed by atoms with Crippen LogP contribution < -0.4 is 10.1 Å². The topological polar surface area (TPSA) is 69.0 Å². The van der Waals surface area contributed by atoms with Gasteiger partial charge in [-0.15, -0.1) is 10.2 Å². The van der Waals surface area contributed by atoms with Crippen molar-refractivity contribution < 1.29 is 22.7 Å². The minimum absolute atomic E-state index is 0.0701. The third-order valence-electron chi connectivity index (χ3n) is 4.80. The lowest BCUT2D eigenvalue weighted by Crippen LogP contribution is -2.15. The van der Waals surface area contributed by atoms with Gasteiger partial charge in [0.2, 0.25) is 5.91 Å². The Bertz CT molecular complexity index is 1280. The molecule has 0 aliphatic carbocycles. The monoisotopic (exact) mass is 484 g/mol. The number of carbonyl (C=O) groups excluding carboxylic acids is 1. The Kier molecular flexibility index (Phi) is 6.87. The first-order valence-electron chi connectivity index (χ1n) is 10.1. The fourth-order valence-corrected chi connectivity index (χ4v) is 3.95. The van der Waals surface area contributed by atoms with Gasteiger partial charge in [0, 0.05) is 16.9 Å².